The fraction of sp³-hybridized carbons (Fsp3) is 0.200. The summed E-state index contributed by atoms with van der Waals surface area (Å²) in [4.78, 5) is 32.8. The molecule has 0 fully saturated rings. The van der Waals surface area contributed by atoms with Crippen molar-refractivity contribution in [3.05, 3.63) is 45.1 Å². The van der Waals surface area contributed by atoms with Crippen LogP contribution in [0.5, 0.6) is 0 Å². The number of H-pyrrole nitrogens is 1. The van der Waals surface area contributed by atoms with Crippen molar-refractivity contribution < 1.29 is 0 Å². The first-order chi connectivity index (χ1) is 8.59. The molecule has 0 aliphatic heterocycles. The van der Waals surface area contributed by atoms with E-state index in [0.29, 0.717) is 12.2 Å². The van der Waals surface area contributed by atoms with Crippen LogP contribution in [0.3, 0.4) is 0 Å². The molecule has 4 N–H and O–H groups in total. The maximum absolute atomic E-state index is 11.6. The summed E-state index contributed by atoms with van der Waals surface area (Å²) in [6.45, 7) is 0.313. The van der Waals surface area contributed by atoms with Crippen LogP contribution in [-0.2, 0) is 13.6 Å². The Morgan fingerprint density at radius 1 is 1.50 bits per heavy atom. The minimum absolute atomic E-state index is 0.0813. The fourth-order valence-corrected chi connectivity index (χ4v) is 1.41. The van der Waals surface area contributed by atoms with Crippen molar-refractivity contribution in [2.45, 2.75) is 6.54 Å². The average molecular weight is 248 g/mol. The standard InChI is InChI=1S/C10H12N6O2/c1-16-8(11)7(9(17)15-10(16)18)13-4-6-2-3-12-5-14-6/h2-3,5,13H,4,11H2,1H3,(H,15,17,18). The van der Waals surface area contributed by atoms with Crippen LogP contribution < -0.4 is 22.3 Å². The highest BCUT2D eigenvalue weighted by Gasteiger charge is 2.09. The normalized spacial score (nSPS) is 10.3. The lowest BCUT2D eigenvalue weighted by Crippen LogP contribution is -2.32. The van der Waals surface area contributed by atoms with Crippen LogP contribution in [0.15, 0.2) is 28.2 Å². The maximum atomic E-state index is 11.6. The Hall–Kier alpha value is -2.64. The molecule has 0 unspecified atom stereocenters. The van der Waals surface area contributed by atoms with E-state index in [1.807, 2.05) is 0 Å². The number of aromatic amines is 1. The first-order valence-electron chi connectivity index (χ1n) is 5.17. The molecule has 0 aromatic carbocycles. The minimum Gasteiger partial charge on any atom is -0.383 e. The zero-order chi connectivity index (χ0) is 13.1. The van der Waals surface area contributed by atoms with Crippen molar-refractivity contribution in [1.29, 1.82) is 0 Å². The molecule has 94 valence electrons. The van der Waals surface area contributed by atoms with Gasteiger partial charge in [0.2, 0.25) is 0 Å². The zero-order valence-electron chi connectivity index (χ0n) is 9.67. The van der Waals surface area contributed by atoms with Gasteiger partial charge in [-0.05, 0) is 6.07 Å². The van der Waals surface area contributed by atoms with Gasteiger partial charge in [0.15, 0.2) is 0 Å². The lowest BCUT2D eigenvalue weighted by molar-refractivity contribution is 0.812. The molecule has 2 aromatic heterocycles. The number of aromatic nitrogens is 4. The van der Waals surface area contributed by atoms with E-state index in [1.54, 1.807) is 12.3 Å². The maximum Gasteiger partial charge on any atom is 0.329 e. The van der Waals surface area contributed by atoms with Crippen LogP contribution in [0, 0.1) is 0 Å². The van der Waals surface area contributed by atoms with Gasteiger partial charge in [0.25, 0.3) is 5.56 Å². The SMILES string of the molecule is Cn1c(N)c(NCc2ccncn2)c(=O)[nH]c1=O. The van der Waals surface area contributed by atoms with Gasteiger partial charge in [0.1, 0.15) is 17.8 Å². The van der Waals surface area contributed by atoms with E-state index in [-0.39, 0.29) is 11.5 Å². The van der Waals surface area contributed by atoms with Crippen LogP contribution in [0.1, 0.15) is 5.69 Å². The molecule has 0 bridgehead atoms. The van der Waals surface area contributed by atoms with Crippen LogP contribution in [-0.4, -0.2) is 19.5 Å². The third-order valence-electron chi connectivity index (χ3n) is 2.46. The van der Waals surface area contributed by atoms with Gasteiger partial charge in [-0.3, -0.25) is 14.3 Å². The zero-order valence-corrected chi connectivity index (χ0v) is 9.67. The van der Waals surface area contributed by atoms with E-state index >= 15 is 0 Å². The van der Waals surface area contributed by atoms with Gasteiger partial charge in [0, 0.05) is 13.2 Å². The first-order valence-corrected chi connectivity index (χ1v) is 5.17. The van der Waals surface area contributed by atoms with E-state index in [4.69, 9.17) is 5.73 Å². The molecule has 8 heteroatoms. The van der Waals surface area contributed by atoms with Gasteiger partial charge in [-0.15, -0.1) is 0 Å². The molecular weight excluding hydrogens is 236 g/mol. The summed E-state index contributed by atoms with van der Waals surface area (Å²) in [5, 5.41) is 2.85. The summed E-state index contributed by atoms with van der Waals surface area (Å²) in [6, 6.07) is 1.71. The lowest BCUT2D eigenvalue weighted by atomic mass is 10.3. The highest BCUT2D eigenvalue weighted by molar-refractivity contribution is 5.60. The van der Waals surface area contributed by atoms with Gasteiger partial charge < -0.3 is 11.1 Å². The second-order valence-corrected chi connectivity index (χ2v) is 3.63. The monoisotopic (exact) mass is 248 g/mol. The third-order valence-corrected chi connectivity index (χ3v) is 2.46. The highest BCUT2D eigenvalue weighted by Crippen LogP contribution is 2.09. The Bertz CT molecular complexity index is 660. The van der Waals surface area contributed by atoms with Gasteiger partial charge in [0.05, 0.1) is 12.2 Å². The largest absolute Gasteiger partial charge is 0.383 e. The number of hydrogen-bond acceptors (Lipinski definition) is 6. The van der Waals surface area contributed by atoms with Crippen LogP contribution >= 0.6 is 0 Å². The lowest BCUT2D eigenvalue weighted by Gasteiger charge is -2.10. The number of rotatable bonds is 3. The number of nitrogens with one attached hydrogen (secondary N) is 2. The van der Waals surface area contributed by atoms with Gasteiger partial charge in [-0.1, -0.05) is 0 Å². The predicted octanol–water partition coefficient (Wildman–Crippen LogP) is -0.942. The quantitative estimate of drug-likeness (QED) is 0.645. The molecule has 0 aliphatic carbocycles. The summed E-state index contributed by atoms with van der Waals surface area (Å²) >= 11 is 0. The Kier molecular flexibility index (Phi) is 3.09. The molecule has 0 atom stereocenters. The van der Waals surface area contributed by atoms with Crippen LogP contribution in [0.25, 0.3) is 0 Å². The highest BCUT2D eigenvalue weighted by atomic mass is 16.2. The number of nitrogens with zero attached hydrogens (tertiary/aromatic N) is 3. The first kappa shape index (κ1) is 11.8. The molecule has 18 heavy (non-hydrogen) atoms. The molecule has 0 aliphatic rings. The van der Waals surface area contributed by atoms with Gasteiger partial charge in [-0.25, -0.2) is 14.8 Å². The third kappa shape index (κ3) is 2.21. The van der Waals surface area contributed by atoms with Crippen molar-refractivity contribution >= 4 is 11.5 Å². The molecule has 8 nitrogen and oxygen atoms in total. The van der Waals surface area contributed by atoms with E-state index in [0.717, 1.165) is 4.57 Å². The van der Waals surface area contributed by atoms with Crippen molar-refractivity contribution in [3.63, 3.8) is 0 Å². The van der Waals surface area contributed by atoms with Gasteiger partial charge in [-0.2, -0.15) is 0 Å². The number of anilines is 2. The topological polar surface area (TPSA) is 119 Å². The molecule has 2 rings (SSSR count). The van der Waals surface area contributed by atoms with Crippen LogP contribution in [0.2, 0.25) is 0 Å². The van der Waals surface area contributed by atoms with Crippen LogP contribution in [0.4, 0.5) is 11.5 Å². The summed E-state index contributed by atoms with van der Waals surface area (Å²) in [7, 11) is 1.48. The molecule has 0 saturated heterocycles. The molecule has 0 radical (unpaired) electrons. The molecule has 0 saturated carbocycles. The number of hydrogen-bond donors (Lipinski definition) is 3. The summed E-state index contributed by atoms with van der Waals surface area (Å²) < 4.78 is 1.16. The Morgan fingerprint density at radius 3 is 2.94 bits per heavy atom. The van der Waals surface area contributed by atoms with Crippen molar-refractivity contribution in [1.82, 2.24) is 19.5 Å². The number of nitrogen functional groups attached to an aromatic ring is 1. The molecule has 2 aromatic rings. The van der Waals surface area contributed by atoms with E-state index in [9.17, 15) is 9.59 Å². The van der Waals surface area contributed by atoms with Gasteiger partial charge >= 0.3 is 5.69 Å². The molecule has 0 spiro atoms. The predicted molar refractivity (Wildman–Crippen MR) is 66.1 cm³/mol. The fourth-order valence-electron chi connectivity index (χ4n) is 1.41. The van der Waals surface area contributed by atoms with E-state index in [2.05, 4.69) is 20.3 Å². The van der Waals surface area contributed by atoms with E-state index in [1.165, 1.54) is 13.4 Å². The Balaban J connectivity index is 2.28. The number of nitrogens with two attached hydrogens (primary N) is 1. The Morgan fingerprint density at radius 2 is 2.28 bits per heavy atom. The van der Waals surface area contributed by atoms with Crippen molar-refractivity contribution in [2.24, 2.45) is 7.05 Å². The minimum atomic E-state index is -0.551. The second-order valence-electron chi connectivity index (χ2n) is 3.63. The summed E-state index contributed by atoms with van der Waals surface area (Å²) in [5.41, 5.74) is 5.45. The molecule has 0 amide bonds. The molecular formula is C10H12N6O2. The Labute approximate surface area is 102 Å². The summed E-state index contributed by atoms with van der Waals surface area (Å²) in [6.07, 6.45) is 3.00. The summed E-state index contributed by atoms with van der Waals surface area (Å²) in [5.74, 6) is 0.0813. The van der Waals surface area contributed by atoms with Crippen molar-refractivity contribution in [3.8, 4) is 0 Å². The average Bonchev–Trinajstić information content (AvgIpc) is 2.37. The smallest absolute Gasteiger partial charge is 0.329 e. The molecule has 2 heterocycles. The second kappa shape index (κ2) is 4.70. The van der Waals surface area contributed by atoms with E-state index < -0.39 is 11.2 Å². The van der Waals surface area contributed by atoms with Crippen molar-refractivity contribution in [2.75, 3.05) is 11.1 Å².